The Balaban J connectivity index is 0.00000220. The van der Waals surface area contributed by atoms with Crippen molar-refractivity contribution in [1.82, 2.24) is 10.6 Å². The third-order valence-electron chi connectivity index (χ3n) is 3.69. The van der Waals surface area contributed by atoms with Crippen LogP contribution in [-0.4, -0.2) is 32.1 Å². The minimum absolute atomic E-state index is 0. The fraction of sp³-hybridized carbons (Fsp3) is 0.533. The van der Waals surface area contributed by atoms with Gasteiger partial charge in [-0.1, -0.05) is 28.9 Å². The minimum atomic E-state index is -0.0651. The highest BCUT2D eigenvalue weighted by Crippen LogP contribution is 2.26. The number of hydrogen-bond acceptors (Lipinski definition) is 3. The summed E-state index contributed by atoms with van der Waals surface area (Å²) in [6.45, 7) is 5.06. The van der Waals surface area contributed by atoms with Gasteiger partial charge in [0.2, 0.25) is 0 Å². The van der Waals surface area contributed by atoms with E-state index in [1.54, 1.807) is 0 Å². The third-order valence-corrected chi connectivity index (χ3v) is 4.18. The Morgan fingerprint density at radius 1 is 1.43 bits per heavy atom. The molecule has 6 heteroatoms. The summed E-state index contributed by atoms with van der Waals surface area (Å²) < 4.78 is 6.41. The Morgan fingerprint density at radius 3 is 2.81 bits per heavy atom. The zero-order valence-corrected chi connectivity index (χ0v) is 14.6. The summed E-state index contributed by atoms with van der Waals surface area (Å²) in [5.41, 5.74) is 0.205. The smallest absolute Gasteiger partial charge is 0.257 e. The van der Waals surface area contributed by atoms with E-state index >= 15 is 0 Å². The molecule has 0 aromatic heterocycles. The topological polar surface area (TPSA) is 50.4 Å². The lowest BCUT2D eigenvalue weighted by Crippen LogP contribution is -2.43. The van der Waals surface area contributed by atoms with Gasteiger partial charge in [0.05, 0.1) is 0 Å². The Kier molecular flexibility index (Phi) is 7.49. The second-order valence-corrected chi connectivity index (χ2v) is 6.50. The Bertz CT molecular complexity index is 465. The number of ether oxygens (including phenoxy) is 1. The SMILES string of the molecule is CC1(CNC(=O)COc2cccc(Br)c2)CCNCC1.Cl. The highest BCUT2D eigenvalue weighted by molar-refractivity contribution is 9.10. The predicted octanol–water partition coefficient (Wildman–Crippen LogP) is 2.76. The van der Waals surface area contributed by atoms with Crippen molar-refractivity contribution in [2.45, 2.75) is 19.8 Å². The summed E-state index contributed by atoms with van der Waals surface area (Å²) in [5, 5.41) is 6.31. The number of nitrogens with one attached hydrogen (secondary N) is 2. The molecule has 2 rings (SSSR count). The van der Waals surface area contributed by atoms with Gasteiger partial charge in [-0.15, -0.1) is 12.4 Å². The van der Waals surface area contributed by atoms with Crippen molar-refractivity contribution in [2.75, 3.05) is 26.2 Å². The van der Waals surface area contributed by atoms with E-state index in [9.17, 15) is 4.79 Å². The van der Waals surface area contributed by atoms with Gasteiger partial charge in [0, 0.05) is 11.0 Å². The number of benzene rings is 1. The summed E-state index contributed by atoms with van der Waals surface area (Å²) in [6, 6.07) is 7.49. The van der Waals surface area contributed by atoms with Gasteiger partial charge in [0.25, 0.3) is 5.91 Å². The number of carbonyl (C=O) groups is 1. The molecule has 2 N–H and O–H groups in total. The van der Waals surface area contributed by atoms with Gasteiger partial charge in [0.15, 0.2) is 6.61 Å². The van der Waals surface area contributed by atoms with Crippen LogP contribution in [0.4, 0.5) is 0 Å². The summed E-state index contributed by atoms with van der Waals surface area (Å²) in [6.07, 6.45) is 2.19. The molecule has 1 aromatic carbocycles. The fourth-order valence-corrected chi connectivity index (χ4v) is 2.65. The van der Waals surface area contributed by atoms with Gasteiger partial charge in [-0.3, -0.25) is 4.79 Å². The molecule has 0 spiro atoms. The lowest BCUT2D eigenvalue weighted by atomic mass is 9.81. The molecule has 1 aliphatic rings. The maximum absolute atomic E-state index is 11.8. The molecule has 1 fully saturated rings. The van der Waals surface area contributed by atoms with Gasteiger partial charge in [-0.05, 0) is 49.5 Å². The largest absolute Gasteiger partial charge is 0.484 e. The Morgan fingerprint density at radius 2 is 2.14 bits per heavy atom. The molecule has 0 unspecified atom stereocenters. The number of hydrogen-bond donors (Lipinski definition) is 2. The molecular weight excluding hydrogens is 356 g/mol. The van der Waals surface area contributed by atoms with E-state index in [4.69, 9.17) is 4.74 Å². The van der Waals surface area contributed by atoms with Gasteiger partial charge < -0.3 is 15.4 Å². The molecule has 1 aromatic rings. The number of amides is 1. The van der Waals surface area contributed by atoms with Crippen LogP contribution in [0.3, 0.4) is 0 Å². The van der Waals surface area contributed by atoms with E-state index in [0.29, 0.717) is 5.75 Å². The van der Waals surface area contributed by atoms with Gasteiger partial charge in [-0.2, -0.15) is 0 Å². The van der Waals surface area contributed by atoms with Crippen LogP contribution in [0.1, 0.15) is 19.8 Å². The average Bonchev–Trinajstić information content (AvgIpc) is 2.44. The number of rotatable bonds is 5. The minimum Gasteiger partial charge on any atom is -0.484 e. The van der Waals surface area contributed by atoms with Crippen LogP contribution in [-0.2, 0) is 4.79 Å². The maximum Gasteiger partial charge on any atom is 0.257 e. The van der Waals surface area contributed by atoms with Crippen molar-refractivity contribution in [3.63, 3.8) is 0 Å². The summed E-state index contributed by atoms with van der Waals surface area (Å²) in [7, 11) is 0. The molecule has 4 nitrogen and oxygen atoms in total. The molecule has 118 valence electrons. The van der Waals surface area contributed by atoms with Crippen LogP contribution in [0, 0.1) is 5.41 Å². The molecule has 1 saturated heterocycles. The van der Waals surface area contributed by atoms with E-state index in [2.05, 4.69) is 33.5 Å². The summed E-state index contributed by atoms with van der Waals surface area (Å²) >= 11 is 3.37. The summed E-state index contributed by atoms with van der Waals surface area (Å²) in [4.78, 5) is 11.8. The van der Waals surface area contributed by atoms with E-state index in [1.807, 2.05) is 24.3 Å². The molecule has 0 atom stereocenters. The van der Waals surface area contributed by atoms with Crippen LogP contribution < -0.4 is 15.4 Å². The first-order valence-corrected chi connectivity index (χ1v) is 7.73. The molecule has 0 radical (unpaired) electrons. The number of halogens is 2. The van der Waals surface area contributed by atoms with Crippen LogP contribution in [0.15, 0.2) is 28.7 Å². The first kappa shape index (κ1) is 18.3. The molecule has 0 aliphatic carbocycles. The molecule has 21 heavy (non-hydrogen) atoms. The lowest BCUT2D eigenvalue weighted by molar-refractivity contribution is -0.123. The molecule has 1 heterocycles. The maximum atomic E-state index is 11.8. The third kappa shape index (κ3) is 6.24. The van der Waals surface area contributed by atoms with E-state index < -0.39 is 0 Å². The normalized spacial score (nSPS) is 16.7. The van der Waals surface area contributed by atoms with Crippen molar-refractivity contribution < 1.29 is 9.53 Å². The monoisotopic (exact) mass is 376 g/mol. The van der Waals surface area contributed by atoms with Gasteiger partial charge >= 0.3 is 0 Å². The Labute approximate surface area is 140 Å². The second kappa shape index (κ2) is 8.61. The quantitative estimate of drug-likeness (QED) is 0.829. The fourth-order valence-electron chi connectivity index (χ4n) is 2.28. The summed E-state index contributed by atoms with van der Waals surface area (Å²) in [5.74, 6) is 0.632. The highest BCUT2D eigenvalue weighted by atomic mass is 79.9. The molecule has 1 aliphatic heterocycles. The highest BCUT2D eigenvalue weighted by Gasteiger charge is 2.26. The molecule has 0 saturated carbocycles. The van der Waals surface area contributed by atoms with Crippen LogP contribution in [0.25, 0.3) is 0 Å². The zero-order valence-electron chi connectivity index (χ0n) is 12.2. The van der Waals surface area contributed by atoms with Gasteiger partial charge in [-0.25, -0.2) is 0 Å². The van der Waals surface area contributed by atoms with Crippen LogP contribution >= 0.6 is 28.3 Å². The van der Waals surface area contributed by atoms with Gasteiger partial charge in [0.1, 0.15) is 5.75 Å². The molecule has 1 amide bonds. The molecule has 0 bridgehead atoms. The standard InChI is InChI=1S/C15H21BrN2O2.ClH/c1-15(5-7-17-8-6-15)11-18-14(19)10-20-13-4-2-3-12(16)9-13;/h2-4,9,17H,5-8,10-11H2,1H3,(H,18,19);1H. The van der Waals surface area contributed by atoms with Crippen molar-refractivity contribution in [3.05, 3.63) is 28.7 Å². The van der Waals surface area contributed by atoms with Crippen LogP contribution in [0.5, 0.6) is 5.75 Å². The lowest BCUT2D eigenvalue weighted by Gasteiger charge is -2.34. The second-order valence-electron chi connectivity index (χ2n) is 5.58. The number of piperidine rings is 1. The van der Waals surface area contributed by atoms with E-state index in [-0.39, 0.29) is 30.3 Å². The van der Waals surface area contributed by atoms with Crippen molar-refractivity contribution in [3.8, 4) is 5.75 Å². The van der Waals surface area contributed by atoms with E-state index in [1.165, 1.54) is 0 Å². The average molecular weight is 378 g/mol. The van der Waals surface area contributed by atoms with Crippen molar-refractivity contribution >= 4 is 34.2 Å². The Hall–Kier alpha value is -0.780. The van der Waals surface area contributed by atoms with Crippen molar-refractivity contribution in [1.29, 1.82) is 0 Å². The predicted molar refractivity (Wildman–Crippen MR) is 90.1 cm³/mol. The van der Waals surface area contributed by atoms with Crippen LogP contribution in [0.2, 0.25) is 0 Å². The number of carbonyl (C=O) groups excluding carboxylic acids is 1. The van der Waals surface area contributed by atoms with Crippen molar-refractivity contribution in [2.24, 2.45) is 5.41 Å². The first-order valence-electron chi connectivity index (χ1n) is 6.93. The van der Waals surface area contributed by atoms with E-state index in [0.717, 1.165) is 36.9 Å². The molecular formula is C15H22BrClN2O2. The zero-order chi connectivity index (χ0) is 14.4. The first-order chi connectivity index (χ1) is 9.57.